The lowest BCUT2D eigenvalue weighted by molar-refractivity contribution is 0.0951. The summed E-state index contributed by atoms with van der Waals surface area (Å²) in [6.07, 6.45) is 0. The van der Waals surface area contributed by atoms with E-state index in [1.807, 2.05) is 6.92 Å². The molecule has 0 aliphatic heterocycles. The Morgan fingerprint density at radius 2 is 2.07 bits per heavy atom. The van der Waals surface area contributed by atoms with E-state index in [2.05, 4.69) is 10.6 Å². The van der Waals surface area contributed by atoms with Crippen molar-refractivity contribution in [2.24, 2.45) is 0 Å². The monoisotopic (exact) mass is 208 g/mol. The van der Waals surface area contributed by atoms with E-state index in [9.17, 15) is 9.90 Å². The fourth-order valence-corrected chi connectivity index (χ4v) is 1.20. The van der Waals surface area contributed by atoms with Crippen molar-refractivity contribution in [2.75, 3.05) is 19.6 Å². The third-order valence-electron chi connectivity index (χ3n) is 1.99. The van der Waals surface area contributed by atoms with E-state index in [1.54, 1.807) is 18.2 Å². The Morgan fingerprint density at radius 3 is 2.73 bits per heavy atom. The first-order valence-electron chi connectivity index (χ1n) is 5.02. The molecule has 82 valence electrons. The van der Waals surface area contributed by atoms with Gasteiger partial charge in [0.1, 0.15) is 5.75 Å². The molecule has 3 N–H and O–H groups in total. The summed E-state index contributed by atoms with van der Waals surface area (Å²) in [7, 11) is 0. The van der Waals surface area contributed by atoms with E-state index >= 15 is 0 Å². The highest BCUT2D eigenvalue weighted by Crippen LogP contribution is 2.14. The van der Waals surface area contributed by atoms with Crippen molar-refractivity contribution in [2.45, 2.75) is 6.92 Å². The molecule has 1 aromatic carbocycles. The zero-order valence-corrected chi connectivity index (χ0v) is 8.79. The summed E-state index contributed by atoms with van der Waals surface area (Å²) in [6.45, 7) is 4.17. The van der Waals surface area contributed by atoms with Gasteiger partial charge in [0.25, 0.3) is 5.91 Å². The maximum absolute atomic E-state index is 11.5. The van der Waals surface area contributed by atoms with Crippen LogP contribution < -0.4 is 10.6 Å². The molecule has 4 nitrogen and oxygen atoms in total. The summed E-state index contributed by atoms with van der Waals surface area (Å²) >= 11 is 0. The Labute approximate surface area is 89.3 Å². The van der Waals surface area contributed by atoms with Crippen molar-refractivity contribution in [1.82, 2.24) is 10.6 Å². The number of phenols is 1. The highest BCUT2D eigenvalue weighted by molar-refractivity contribution is 5.96. The minimum absolute atomic E-state index is 0.0125. The number of amides is 1. The lowest BCUT2D eigenvalue weighted by Gasteiger charge is -2.06. The number of hydrogen-bond donors (Lipinski definition) is 3. The molecule has 0 aromatic heterocycles. The zero-order valence-electron chi connectivity index (χ0n) is 8.79. The summed E-state index contributed by atoms with van der Waals surface area (Å²) in [5, 5.41) is 15.2. The zero-order chi connectivity index (χ0) is 11.1. The van der Waals surface area contributed by atoms with Crippen molar-refractivity contribution in [3.05, 3.63) is 29.8 Å². The molecular weight excluding hydrogens is 192 g/mol. The summed E-state index contributed by atoms with van der Waals surface area (Å²) in [4.78, 5) is 11.5. The van der Waals surface area contributed by atoms with Crippen LogP contribution in [0.2, 0.25) is 0 Å². The Bertz CT molecular complexity index is 326. The van der Waals surface area contributed by atoms with Crippen molar-refractivity contribution < 1.29 is 9.90 Å². The summed E-state index contributed by atoms with van der Waals surface area (Å²) in [5.41, 5.74) is 0.314. The molecule has 0 spiro atoms. The van der Waals surface area contributed by atoms with Crippen LogP contribution in [0.4, 0.5) is 0 Å². The van der Waals surface area contributed by atoms with Crippen molar-refractivity contribution in [3.63, 3.8) is 0 Å². The number of hydrogen-bond acceptors (Lipinski definition) is 3. The van der Waals surface area contributed by atoms with Crippen LogP contribution in [0.1, 0.15) is 17.3 Å². The van der Waals surface area contributed by atoms with Gasteiger partial charge >= 0.3 is 0 Å². The Morgan fingerprint density at radius 1 is 1.33 bits per heavy atom. The predicted octanol–water partition coefficient (Wildman–Crippen LogP) is 0.731. The molecule has 4 heteroatoms. The molecule has 0 bridgehead atoms. The molecule has 0 saturated heterocycles. The number of nitrogens with one attached hydrogen (secondary N) is 2. The second-order valence-electron chi connectivity index (χ2n) is 3.13. The molecule has 0 fully saturated rings. The van der Waals surface area contributed by atoms with Gasteiger partial charge in [-0.05, 0) is 18.7 Å². The molecule has 0 radical (unpaired) electrons. The molecule has 15 heavy (non-hydrogen) atoms. The van der Waals surface area contributed by atoms with Gasteiger partial charge in [-0.1, -0.05) is 19.1 Å². The van der Waals surface area contributed by atoms with Gasteiger partial charge in [0.05, 0.1) is 5.56 Å². The van der Waals surface area contributed by atoms with E-state index in [4.69, 9.17) is 0 Å². The normalized spacial score (nSPS) is 9.93. The van der Waals surface area contributed by atoms with Crippen LogP contribution in [0.15, 0.2) is 24.3 Å². The predicted molar refractivity (Wildman–Crippen MR) is 59.0 cm³/mol. The van der Waals surface area contributed by atoms with Crippen LogP contribution in [-0.2, 0) is 0 Å². The molecule has 1 rings (SSSR count). The molecule has 0 saturated carbocycles. The van der Waals surface area contributed by atoms with E-state index in [-0.39, 0.29) is 11.7 Å². The second kappa shape index (κ2) is 6.03. The largest absolute Gasteiger partial charge is 0.507 e. The summed E-state index contributed by atoms with van der Waals surface area (Å²) in [5.74, 6) is -0.232. The minimum atomic E-state index is -0.244. The maximum Gasteiger partial charge on any atom is 0.255 e. The van der Waals surface area contributed by atoms with Gasteiger partial charge in [-0.3, -0.25) is 4.79 Å². The minimum Gasteiger partial charge on any atom is -0.507 e. The molecule has 0 atom stereocenters. The van der Waals surface area contributed by atoms with Gasteiger partial charge in [0.2, 0.25) is 0 Å². The van der Waals surface area contributed by atoms with Crippen LogP contribution in [-0.4, -0.2) is 30.6 Å². The summed E-state index contributed by atoms with van der Waals surface area (Å²) < 4.78 is 0. The molecule has 0 aliphatic carbocycles. The Kier molecular flexibility index (Phi) is 4.63. The topological polar surface area (TPSA) is 61.4 Å². The van der Waals surface area contributed by atoms with Crippen LogP contribution in [0.25, 0.3) is 0 Å². The van der Waals surface area contributed by atoms with Crippen LogP contribution in [0.5, 0.6) is 5.75 Å². The van der Waals surface area contributed by atoms with E-state index < -0.39 is 0 Å². The van der Waals surface area contributed by atoms with E-state index in [0.29, 0.717) is 12.1 Å². The van der Waals surface area contributed by atoms with Gasteiger partial charge in [-0.15, -0.1) is 0 Å². The summed E-state index contributed by atoms with van der Waals surface area (Å²) in [6, 6.07) is 6.50. The van der Waals surface area contributed by atoms with Crippen LogP contribution in [0.3, 0.4) is 0 Å². The molecule has 0 unspecified atom stereocenters. The van der Waals surface area contributed by atoms with Crippen molar-refractivity contribution in [3.8, 4) is 5.75 Å². The lowest BCUT2D eigenvalue weighted by Crippen LogP contribution is -2.31. The number of para-hydroxylation sites is 1. The second-order valence-corrected chi connectivity index (χ2v) is 3.13. The third kappa shape index (κ3) is 3.59. The molecule has 1 amide bonds. The van der Waals surface area contributed by atoms with Gasteiger partial charge in [0.15, 0.2) is 0 Å². The van der Waals surface area contributed by atoms with Crippen LogP contribution in [0, 0.1) is 0 Å². The fourth-order valence-electron chi connectivity index (χ4n) is 1.20. The number of rotatable bonds is 5. The number of likely N-dealkylation sites (N-methyl/N-ethyl adjacent to an activating group) is 1. The first-order valence-corrected chi connectivity index (χ1v) is 5.02. The van der Waals surface area contributed by atoms with Gasteiger partial charge in [0, 0.05) is 13.1 Å². The van der Waals surface area contributed by atoms with Crippen molar-refractivity contribution >= 4 is 5.91 Å². The molecule has 0 aliphatic rings. The number of benzene rings is 1. The molecule has 1 aromatic rings. The Hall–Kier alpha value is -1.55. The standard InChI is InChI=1S/C11H16N2O2/c1-2-12-7-8-13-11(15)9-5-3-4-6-10(9)14/h3-6,12,14H,2,7-8H2,1H3,(H,13,15). The van der Waals surface area contributed by atoms with Gasteiger partial charge in [-0.2, -0.15) is 0 Å². The van der Waals surface area contributed by atoms with Crippen LogP contribution >= 0.6 is 0 Å². The quantitative estimate of drug-likeness (QED) is 0.625. The smallest absolute Gasteiger partial charge is 0.255 e. The number of carbonyl (C=O) groups excluding carboxylic acids is 1. The first kappa shape index (κ1) is 11.5. The van der Waals surface area contributed by atoms with E-state index in [0.717, 1.165) is 13.1 Å². The highest BCUT2D eigenvalue weighted by Gasteiger charge is 2.08. The van der Waals surface area contributed by atoms with Gasteiger partial charge in [-0.25, -0.2) is 0 Å². The van der Waals surface area contributed by atoms with Crippen molar-refractivity contribution in [1.29, 1.82) is 0 Å². The maximum atomic E-state index is 11.5. The molecule has 0 heterocycles. The highest BCUT2D eigenvalue weighted by atomic mass is 16.3. The number of aromatic hydroxyl groups is 1. The average molecular weight is 208 g/mol. The SMILES string of the molecule is CCNCCNC(=O)c1ccccc1O. The first-order chi connectivity index (χ1) is 7.25. The third-order valence-corrected chi connectivity index (χ3v) is 1.99. The molecular formula is C11H16N2O2. The lowest BCUT2D eigenvalue weighted by atomic mass is 10.2. The average Bonchev–Trinajstić information content (AvgIpc) is 2.25. The fraction of sp³-hybridized carbons (Fsp3) is 0.364. The van der Waals surface area contributed by atoms with E-state index in [1.165, 1.54) is 6.07 Å². The van der Waals surface area contributed by atoms with Gasteiger partial charge < -0.3 is 15.7 Å². The number of phenolic OH excluding ortho intramolecular Hbond substituents is 1. The Balaban J connectivity index is 2.44. The number of carbonyl (C=O) groups is 1.